The number of hydrogen-bond donors (Lipinski definition) is 0. The van der Waals surface area contributed by atoms with E-state index in [2.05, 4.69) is 37.5 Å². The Morgan fingerprint density at radius 1 is 1.33 bits per heavy atom. The molecule has 0 unspecified atom stereocenters. The van der Waals surface area contributed by atoms with Crippen LogP contribution in [0, 0.1) is 0 Å². The van der Waals surface area contributed by atoms with Crippen LogP contribution in [0.3, 0.4) is 0 Å². The van der Waals surface area contributed by atoms with Gasteiger partial charge in [0.15, 0.2) is 0 Å². The smallest absolute Gasteiger partial charge is 0.282 e. The van der Waals surface area contributed by atoms with E-state index in [1.54, 1.807) is 12.3 Å². The number of rotatable bonds is 4. The molecule has 0 bridgehead atoms. The van der Waals surface area contributed by atoms with Crippen LogP contribution in [0.1, 0.15) is 38.2 Å². The number of fused-ring (bicyclic) bond motifs is 1. The van der Waals surface area contributed by atoms with E-state index in [-0.39, 0.29) is 11.5 Å². The van der Waals surface area contributed by atoms with Crippen molar-refractivity contribution in [2.75, 3.05) is 0 Å². The molecule has 3 aromatic rings. The molecule has 0 amide bonds. The lowest BCUT2D eigenvalue weighted by Gasteiger charge is -2.12. The van der Waals surface area contributed by atoms with Gasteiger partial charge in [0.25, 0.3) is 5.56 Å². The van der Waals surface area contributed by atoms with Crippen LogP contribution in [0.25, 0.3) is 10.9 Å². The van der Waals surface area contributed by atoms with Gasteiger partial charge in [0.05, 0.1) is 22.8 Å². The van der Waals surface area contributed by atoms with Gasteiger partial charge in [-0.15, -0.1) is 0 Å². The normalized spacial score (nSPS) is 11.9. The number of halogens is 1. The number of nitrogens with zero attached hydrogens (tertiary/aromatic N) is 4. The summed E-state index contributed by atoms with van der Waals surface area (Å²) in [4.78, 5) is 17.5. The molecule has 0 N–H and O–H groups in total. The summed E-state index contributed by atoms with van der Waals surface area (Å²) < 4.78 is 4.32. The Labute approximate surface area is 148 Å². The molecule has 0 saturated heterocycles. The van der Waals surface area contributed by atoms with Gasteiger partial charge in [0, 0.05) is 23.1 Å². The Morgan fingerprint density at radius 2 is 2.12 bits per heavy atom. The van der Waals surface area contributed by atoms with Crippen molar-refractivity contribution in [2.45, 2.75) is 33.2 Å². The highest BCUT2D eigenvalue weighted by molar-refractivity contribution is 9.10. The van der Waals surface area contributed by atoms with Gasteiger partial charge >= 0.3 is 0 Å². The number of aryl methyl sites for hydroxylation is 1. The molecule has 0 aliphatic heterocycles. The molecular weight excluding hydrogens is 368 g/mol. The third-order valence-corrected chi connectivity index (χ3v) is 4.35. The van der Waals surface area contributed by atoms with Gasteiger partial charge in [-0.2, -0.15) is 9.78 Å². The van der Waals surface area contributed by atoms with E-state index in [1.165, 1.54) is 4.68 Å². The van der Waals surface area contributed by atoms with Gasteiger partial charge in [-0.1, -0.05) is 29.8 Å². The first-order chi connectivity index (χ1) is 11.5. The molecule has 24 heavy (non-hydrogen) atoms. The van der Waals surface area contributed by atoms with E-state index in [4.69, 9.17) is 0 Å². The van der Waals surface area contributed by atoms with Crippen molar-refractivity contribution in [3.63, 3.8) is 0 Å². The van der Waals surface area contributed by atoms with E-state index in [0.29, 0.717) is 16.7 Å². The molecule has 0 atom stereocenters. The van der Waals surface area contributed by atoms with Crippen LogP contribution >= 0.6 is 15.9 Å². The molecule has 124 valence electrons. The van der Waals surface area contributed by atoms with Crippen molar-refractivity contribution >= 4 is 33.0 Å². The summed E-state index contributed by atoms with van der Waals surface area (Å²) >= 11 is 3.41. The van der Waals surface area contributed by atoms with Crippen LogP contribution in [-0.2, 0) is 6.54 Å². The van der Waals surface area contributed by atoms with E-state index < -0.39 is 0 Å². The van der Waals surface area contributed by atoms with Crippen molar-refractivity contribution in [3.8, 4) is 0 Å². The zero-order chi connectivity index (χ0) is 17.3. The fraction of sp³-hybridized carbons (Fsp3) is 0.278. The first-order valence-electron chi connectivity index (χ1n) is 7.93. The molecule has 3 rings (SSSR count). The van der Waals surface area contributed by atoms with E-state index in [9.17, 15) is 4.79 Å². The molecule has 1 aromatic carbocycles. The SMILES string of the molecule is CCn1cccc1C=Nn1c(C(C)C)nc2ccc(Br)cc2c1=O. The van der Waals surface area contributed by atoms with Crippen LogP contribution in [-0.4, -0.2) is 20.4 Å². The lowest BCUT2D eigenvalue weighted by molar-refractivity contribution is 0.664. The van der Waals surface area contributed by atoms with E-state index in [0.717, 1.165) is 16.7 Å². The van der Waals surface area contributed by atoms with Gasteiger partial charge in [0.1, 0.15) is 5.82 Å². The molecular formula is C18H19BrN4O. The molecule has 0 fully saturated rings. The molecule has 0 aliphatic carbocycles. The Kier molecular flexibility index (Phi) is 4.66. The van der Waals surface area contributed by atoms with E-state index >= 15 is 0 Å². The summed E-state index contributed by atoms with van der Waals surface area (Å²) in [5, 5.41) is 4.99. The predicted octanol–water partition coefficient (Wildman–Crippen LogP) is 3.99. The highest BCUT2D eigenvalue weighted by Crippen LogP contribution is 2.18. The Hall–Kier alpha value is -2.21. The Morgan fingerprint density at radius 3 is 2.83 bits per heavy atom. The summed E-state index contributed by atoms with van der Waals surface area (Å²) in [6.45, 7) is 6.93. The monoisotopic (exact) mass is 386 g/mol. The fourth-order valence-electron chi connectivity index (χ4n) is 2.60. The maximum atomic E-state index is 12.9. The van der Waals surface area contributed by atoms with Gasteiger partial charge in [0.2, 0.25) is 0 Å². The highest BCUT2D eigenvalue weighted by atomic mass is 79.9. The standard InChI is InChI=1S/C18H19BrN4O/c1-4-22-9-5-6-14(22)11-20-23-17(12(2)3)21-16-8-7-13(19)10-15(16)18(23)24/h5-12H,4H2,1-3H3. The third kappa shape index (κ3) is 3.06. The zero-order valence-corrected chi connectivity index (χ0v) is 15.5. The van der Waals surface area contributed by atoms with Crippen molar-refractivity contribution in [2.24, 2.45) is 5.10 Å². The van der Waals surface area contributed by atoms with Gasteiger partial charge in [-0.25, -0.2) is 4.98 Å². The average molecular weight is 387 g/mol. The summed E-state index contributed by atoms with van der Waals surface area (Å²) in [5.41, 5.74) is 1.49. The lowest BCUT2D eigenvalue weighted by atomic mass is 10.2. The molecule has 2 aromatic heterocycles. The van der Waals surface area contributed by atoms with Crippen molar-refractivity contribution < 1.29 is 0 Å². The number of hydrogen-bond acceptors (Lipinski definition) is 3. The summed E-state index contributed by atoms with van der Waals surface area (Å²) in [6, 6.07) is 9.46. The number of benzene rings is 1. The fourth-order valence-corrected chi connectivity index (χ4v) is 2.96. The van der Waals surface area contributed by atoms with Crippen LogP contribution in [0.2, 0.25) is 0 Å². The quantitative estimate of drug-likeness (QED) is 0.636. The highest BCUT2D eigenvalue weighted by Gasteiger charge is 2.13. The summed E-state index contributed by atoms with van der Waals surface area (Å²) in [6.07, 6.45) is 3.70. The number of aromatic nitrogens is 3. The topological polar surface area (TPSA) is 52.2 Å². The third-order valence-electron chi connectivity index (χ3n) is 3.86. The maximum absolute atomic E-state index is 12.9. The molecule has 0 aliphatic rings. The maximum Gasteiger partial charge on any atom is 0.282 e. The second kappa shape index (κ2) is 6.73. The average Bonchev–Trinajstić information content (AvgIpc) is 3.01. The molecule has 5 nitrogen and oxygen atoms in total. The Bertz CT molecular complexity index is 969. The van der Waals surface area contributed by atoms with Crippen LogP contribution < -0.4 is 5.56 Å². The minimum Gasteiger partial charge on any atom is -0.347 e. The van der Waals surface area contributed by atoms with Crippen LogP contribution in [0.15, 0.2) is 50.9 Å². The van der Waals surface area contributed by atoms with Crippen molar-refractivity contribution in [3.05, 3.63) is 62.9 Å². The van der Waals surface area contributed by atoms with E-state index in [1.807, 2.05) is 44.3 Å². The van der Waals surface area contributed by atoms with Gasteiger partial charge in [-0.05, 0) is 37.3 Å². The predicted molar refractivity (Wildman–Crippen MR) is 101 cm³/mol. The minimum absolute atomic E-state index is 0.0841. The lowest BCUT2D eigenvalue weighted by Crippen LogP contribution is -2.23. The Balaban J connectivity index is 2.20. The second-order valence-electron chi connectivity index (χ2n) is 5.87. The van der Waals surface area contributed by atoms with Crippen molar-refractivity contribution in [1.82, 2.24) is 14.2 Å². The first-order valence-corrected chi connectivity index (χ1v) is 8.72. The van der Waals surface area contributed by atoms with Crippen LogP contribution in [0.4, 0.5) is 0 Å². The van der Waals surface area contributed by atoms with Crippen molar-refractivity contribution in [1.29, 1.82) is 0 Å². The summed E-state index contributed by atoms with van der Waals surface area (Å²) in [5.74, 6) is 0.738. The minimum atomic E-state index is -0.157. The van der Waals surface area contributed by atoms with Crippen LogP contribution in [0.5, 0.6) is 0 Å². The second-order valence-corrected chi connectivity index (χ2v) is 6.78. The molecule has 6 heteroatoms. The first kappa shape index (κ1) is 16.6. The van der Waals surface area contributed by atoms with Gasteiger partial charge < -0.3 is 4.57 Å². The largest absolute Gasteiger partial charge is 0.347 e. The zero-order valence-electron chi connectivity index (χ0n) is 13.9. The van der Waals surface area contributed by atoms with Gasteiger partial charge in [-0.3, -0.25) is 4.79 Å². The molecule has 0 radical (unpaired) electrons. The molecule has 2 heterocycles. The molecule has 0 spiro atoms. The summed E-state index contributed by atoms with van der Waals surface area (Å²) in [7, 11) is 0. The molecule has 0 saturated carbocycles.